The monoisotopic (exact) mass is 348 g/mol. The number of nitrogens with one attached hydrogen (secondary N) is 2. The highest BCUT2D eigenvalue weighted by molar-refractivity contribution is 7.18. The molecule has 0 aliphatic carbocycles. The fraction of sp³-hybridized carbons (Fsp3) is 0.583. The van der Waals surface area contributed by atoms with Crippen LogP contribution < -0.4 is 10.6 Å². The van der Waals surface area contributed by atoms with Crippen LogP contribution in [-0.2, 0) is 0 Å². The van der Waals surface area contributed by atoms with E-state index in [1.165, 1.54) is 11.2 Å². The normalized spacial score (nSPS) is 18.0. The Morgan fingerprint density at radius 1 is 1.35 bits per heavy atom. The standard InChI is InChI=1S/C12H15F3N6OS/c13-12(14,15)9(21-4-2-16-3-5-21)7-17-11-19-18-10(23-11)8-1-6-22-20-8/h1,6,9,16H,2-5,7H2,(H,17,19). The van der Waals surface area contributed by atoms with E-state index >= 15 is 0 Å². The van der Waals surface area contributed by atoms with Crippen molar-refractivity contribution in [3.63, 3.8) is 0 Å². The number of piperazine rings is 1. The van der Waals surface area contributed by atoms with E-state index in [-0.39, 0.29) is 6.54 Å². The highest BCUT2D eigenvalue weighted by atomic mass is 32.1. The lowest BCUT2D eigenvalue weighted by atomic mass is 10.2. The van der Waals surface area contributed by atoms with Gasteiger partial charge in [-0.25, -0.2) is 0 Å². The molecular weight excluding hydrogens is 333 g/mol. The molecule has 0 aromatic carbocycles. The Bertz CT molecular complexity index is 611. The fourth-order valence-electron chi connectivity index (χ4n) is 2.35. The Morgan fingerprint density at radius 2 is 2.13 bits per heavy atom. The molecule has 3 heterocycles. The number of nitrogens with zero attached hydrogens (tertiary/aromatic N) is 4. The zero-order valence-corrected chi connectivity index (χ0v) is 12.8. The first-order valence-corrected chi connectivity index (χ1v) is 7.85. The number of hydrogen-bond acceptors (Lipinski definition) is 8. The van der Waals surface area contributed by atoms with Crippen molar-refractivity contribution >= 4 is 16.5 Å². The predicted octanol–water partition coefficient (Wildman–Crippen LogP) is 1.44. The Labute approximate surface area is 133 Å². The van der Waals surface area contributed by atoms with Crippen LogP contribution in [0.1, 0.15) is 0 Å². The number of alkyl halides is 3. The molecule has 1 atom stereocenters. The van der Waals surface area contributed by atoms with Gasteiger partial charge in [0.25, 0.3) is 0 Å². The molecule has 126 valence electrons. The molecule has 1 saturated heterocycles. The zero-order valence-electron chi connectivity index (χ0n) is 12.0. The minimum absolute atomic E-state index is 0.267. The molecule has 0 saturated carbocycles. The largest absolute Gasteiger partial charge is 0.405 e. The van der Waals surface area contributed by atoms with Crippen LogP contribution in [0.2, 0.25) is 0 Å². The first-order chi connectivity index (χ1) is 11.0. The van der Waals surface area contributed by atoms with Crippen LogP contribution in [-0.4, -0.2) is 65.2 Å². The van der Waals surface area contributed by atoms with E-state index in [1.807, 2.05) is 0 Å². The molecule has 2 N–H and O–H groups in total. The topological polar surface area (TPSA) is 79.1 Å². The summed E-state index contributed by atoms with van der Waals surface area (Å²) in [7, 11) is 0. The van der Waals surface area contributed by atoms with E-state index < -0.39 is 12.2 Å². The quantitative estimate of drug-likeness (QED) is 0.846. The molecule has 0 bridgehead atoms. The molecule has 0 amide bonds. The van der Waals surface area contributed by atoms with Crippen molar-refractivity contribution in [2.24, 2.45) is 0 Å². The van der Waals surface area contributed by atoms with Crippen molar-refractivity contribution in [2.45, 2.75) is 12.2 Å². The van der Waals surface area contributed by atoms with Gasteiger partial charge < -0.3 is 15.2 Å². The average Bonchev–Trinajstić information content (AvgIpc) is 3.18. The van der Waals surface area contributed by atoms with Crippen LogP contribution in [0.15, 0.2) is 16.9 Å². The van der Waals surface area contributed by atoms with Crippen LogP contribution in [0.25, 0.3) is 10.7 Å². The van der Waals surface area contributed by atoms with Gasteiger partial charge in [0.05, 0.1) is 0 Å². The minimum Gasteiger partial charge on any atom is -0.364 e. The molecule has 11 heteroatoms. The Kier molecular flexibility index (Phi) is 4.78. The molecule has 1 fully saturated rings. The summed E-state index contributed by atoms with van der Waals surface area (Å²) in [5.74, 6) is 0. The highest BCUT2D eigenvalue weighted by Gasteiger charge is 2.43. The maximum atomic E-state index is 13.3. The van der Waals surface area contributed by atoms with E-state index in [0.29, 0.717) is 42.0 Å². The van der Waals surface area contributed by atoms with Gasteiger partial charge in [0.1, 0.15) is 18.0 Å². The summed E-state index contributed by atoms with van der Waals surface area (Å²) in [5.41, 5.74) is 0.505. The van der Waals surface area contributed by atoms with Gasteiger partial charge in [-0.05, 0) is 0 Å². The summed E-state index contributed by atoms with van der Waals surface area (Å²) >= 11 is 1.14. The third-order valence-corrected chi connectivity index (χ3v) is 4.40. The van der Waals surface area contributed by atoms with Crippen molar-refractivity contribution in [3.05, 3.63) is 12.3 Å². The van der Waals surface area contributed by atoms with E-state index in [2.05, 4.69) is 26.0 Å². The van der Waals surface area contributed by atoms with Gasteiger partial charge in [-0.1, -0.05) is 16.5 Å². The van der Waals surface area contributed by atoms with Crippen molar-refractivity contribution in [1.82, 2.24) is 25.6 Å². The number of anilines is 1. The second-order valence-electron chi connectivity index (χ2n) is 5.02. The third kappa shape index (κ3) is 3.98. The van der Waals surface area contributed by atoms with Crippen molar-refractivity contribution in [2.75, 3.05) is 38.0 Å². The first-order valence-electron chi connectivity index (χ1n) is 7.03. The highest BCUT2D eigenvalue weighted by Crippen LogP contribution is 2.28. The van der Waals surface area contributed by atoms with Crippen molar-refractivity contribution < 1.29 is 17.7 Å². The molecule has 1 aliphatic heterocycles. The molecule has 1 aliphatic rings. The van der Waals surface area contributed by atoms with Gasteiger partial charge in [-0.2, -0.15) is 13.2 Å². The Balaban J connectivity index is 1.64. The molecule has 2 aromatic rings. The Hall–Kier alpha value is -1.72. The fourth-order valence-corrected chi connectivity index (χ4v) is 3.06. The maximum Gasteiger partial charge on any atom is 0.405 e. The van der Waals surface area contributed by atoms with E-state index in [0.717, 1.165) is 11.3 Å². The number of halogens is 3. The number of hydrogen-bond donors (Lipinski definition) is 2. The van der Waals surface area contributed by atoms with Crippen molar-refractivity contribution in [3.8, 4) is 10.7 Å². The Morgan fingerprint density at radius 3 is 2.78 bits per heavy atom. The lowest BCUT2D eigenvalue weighted by Gasteiger charge is -2.35. The van der Waals surface area contributed by atoms with Crippen LogP contribution in [0, 0.1) is 0 Å². The first kappa shape index (κ1) is 16.1. The van der Waals surface area contributed by atoms with E-state index in [9.17, 15) is 13.2 Å². The molecule has 0 spiro atoms. The minimum atomic E-state index is -4.30. The summed E-state index contributed by atoms with van der Waals surface area (Å²) in [6.07, 6.45) is -2.90. The lowest BCUT2D eigenvalue weighted by Crippen LogP contribution is -2.56. The number of rotatable bonds is 5. The number of aromatic nitrogens is 3. The van der Waals surface area contributed by atoms with E-state index in [1.54, 1.807) is 6.07 Å². The smallest absolute Gasteiger partial charge is 0.364 e. The van der Waals surface area contributed by atoms with Gasteiger partial charge in [0.15, 0.2) is 5.01 Å². The molecule has 1 unspecified atom stereocenters. The lowest BCUT2D eigenvalue weighted by molar-refractivity contribution is -0.181. The van der Waals surface area contributed by atoms with Crippen LogP contribution >= 0.6 is 11.3 Å². The summed E-state index contributed by atoms with van der Waals surface area (Å²) in [6, 6.07) is 0.0628. The predicted molar refractivity (Wildman–Crippen MR) is 78.2 cm³/mol. The summed E-state index contributed by atoms with van der Waals surface area (Å²) < 4.78 is 44.5. The molecule has 0 radical (unpaired) electrons. The van der Waals surface area contributed by atoms with Gasteiger partial charge >= 0.3 is 6.18 Å². The van der Waals surface area contributed by atoms with E-state index in [4.69, 9.17) is 4.52 Å². The van der Waals surface area contributed by atoms with Gasteiger partial charge in [-0.15, -0.1) is 10.2 Å². The summed E-state index contributed by atoms with van der Waals surface area (Å²) in [5, 5.41) is 18.1. The van der Waals surface area contributed by atoms with Gasteiger partial charge in [0, 0.05) is 38.8 Å². The third-order valence-electron chi connectivity index (χ3n) is 3.50. The molecule has 3 rings (SSSR count). The van der Waals surface area contributed by atoms with Crippen LogP contribution in [0.5, 0.6) is 0 Å². The van der Waals surface area contributed by atoms with Crippen molar-refractivity contribution in [1.29, 1.82) is 0 Å². The maximum absolute atomic E-state index is 13.3. The average molecular weight is 348 g/mol. The zero-order chi connectivity index (χ0) is 16.3. The van der Waals surface area contributed by atoms with Crippen LogP contribution in [0.4, 0.5) is 18.3 Å². The van der Waals surface area contributed by atoms with Gasteiger partial charge in [0.2, 0.25) is 5.13 Å². The molecular formula is C12H15F3N6OS. The summed E-state index contributed by atoms with van der Waals surface area (Å²) in [4.78, 5) is 1.43. The summed E-state index contributed by atoms with van der Waals surface area (Å²) in [6.45, 7) is 1.58. The molecule has 7 nitrogen and oxygen atoms in total. The van der Waals surface area contributed by atoms with Gasteiger partial charge in [-0.3, -0.25) is 4.90 Å². The second-order valence-corrected chi connectivity index (χ2v) is 6.00. The molecule has 23 heavy (non-hydrogen) atoms. The SMILES string of the molecule is FC(F)(F)C(CNc1nnc(-c2ccon2)s1)N1CCNCC1. The molecule has 2 aromatic heterocycles. The second kappa shape index (κ2) is 6.81. The van der Waals surface area contributed by atoms with Crippen LogP contribution in [0.3, 0.4) is 0 Å².